The van der Waals surface area contributed by atoms with Gasteiger partial charge in [-0.3, -0.25) is 4.98 Å². The van der Waals surface area contributed by atoms with Crippen molar-refractivity contribution in [1.82, 2.24) is 4.98 Å². The summed E-state index contributed by atoms with van der Waals surface area (Å²) in [7, 11) is 0. The highest BCUT2D eigenvalue weighted by molar-refractivity contribution is 5.59. The van der Waals surface area contributed by atoms with E-state index in [0.29, 0.717) is 17.8 Å². The Morgan fingerprint density at radius 2 is 1.93 bits per heavy atom. The molecule has 0 saturated heterocycles. The van der Waals surface area contributed by atoms with Crippen LogP contribution in [0, 0.1) is 5.82 Å². The van der Waals surface area contributed by atoms with E-state index in [-0.39, 0.29) is 5.82 Å². The van der Waals surface area contributed by atoms with E-state index >= 15 is 0 Å². The molecule has 1 heterocycles. The van der Waals surface area contributed by atoms with Crippen LogP contribution in [0.5, 0.6) is 0 Å². The molecule has 0 aliphatic rings. The van der Waals surface area contributed by atoms with Crippen molar-refractivity contribution in [2.75, 3.05) is 0 Å². The maximum absolute atomic E-state index is 13.4. The maximum atomic E-state index is 13.4. The Kier molecular flexibility index (Phi) is 2.74. The number of hydrogen-bond donors (Lipinski definition) is 1. The van der Waals surface area contributed by atoms with Gasteiger partial charge in [-0.15, -0.1) is 0 Å². The molecule has 0 unspecified atom stereocenters. The van der Waals surface area contributed by atoms with E-state index in [2.05, 4.69) is 4.98 Å². The average molecular weight is 202 g/mol. The number of halogens is 1. The van der Waals surface area contributed by atoms with Gasteiger partial charge in [0.1, 0.15) is 5.82 Å². The molecule has 0 fully saturated rings. The van der Waals surface area contributed by atoms with Gasteiger partial charge in [-0.05, 0) is 23.8 Å². The van der Waals surface area contributed by atoms with E-state index in [1.54, 1.807) is 30.5 Å². The molecule has 2 N–H and O–H groups in total. The number of nitrogens with zero attached hydrogens (tertiary/aromatic N) is 1. The molecule has 0 aliphatic carbocycles. The van der Waals surface area contributed by atoms with E-state index in [9.17, 15) is 4.39 Å². The van der Waals surface area contributed by atoms with Gasteiger partial charge >= 0.3 is 0 Å². The number of hydrogen-bond acceptors (Lipinski definition) is 2. The molecule has 0 spiro atoms. The van der Waals surface area contributed by atoms with Gasteiger partial charge in [0.25, 0.3) is 0 Å². The van der Waals surface area contributed by atoms with Crippen molar-refractivity contribution in [2.24, 2.45) is 5.73 Å². The van der Waals surface area contributed by atoms with E-state index in [4.69, 9.17) is 5.73 Å². The van der Waals surface area contributed by atoms with Gasteiger partial charge in [0, 0.05) is 18.3 Å². The summed E-state index contributed by atoms with van der Waals surface area (Å²) in [6.45, 7) is 0.449. The number of aromatic nitrogens is 1. The Labute approximate surface area is 87.6 Å². The predicted molar refractivity (Wildman–Crippen MR) is 57.5 cm³/mol. The highest BCUT2D eigenvalue weighted by Crippen LogP contribution is 2.19. The van der Waals surface area contributed by atoms with Crippen molar-refractivity contribution in [3.8, 4) is 11.3 Å². The lowest BCUT2D eigenvalue weighted by molar-refractivity contribution is 0.630. The molecule has 2 nitrogen and oxygen atoms in total. The van der Waals surface area contributed by atoms with Gasteiger partial charge in [0.05, 0.1) is 5.69 Å². The van der Waals surface area contributed by atoms with E-state index in [0.717, 1.165) is 5.56 Å². The van der Waals surface area contributed by atoms with Crippen LogP contribution in [0.2, 0.25) is 0 Å². The fourth-order valence-corrected chi connectivity index (χ4v) is 1.37. The zero-order chi connectivity index (χ0) is 10.7. The summed E-state index contributed by atoms with van der Waals surface area (Å²) in [5.74, 6) is -0.259. The van der Waals surface area contributed by atoms with Crippen LogP contribution >= 0.6 is 0 Å². The standard InChI is InChI=1S/C12H11FN2/c13-11-4-2-1-3-10(11)12-6-5-9(7-14)8-15-12/h1-6,8H,7,14H2. The third-order valence-electron chi connectivity index (χ3n) is 2.21. The second-order valence-corrected chi connectivity index (χ2v) is 3.24. The summed E-state index contributed by atoms with van der Waals surface area (Å²) in [5.41, 5.74) is 7.54. The summed E-state index contributed by atoms with van der Waals surface area (Å²) in [4.78, 5) is 4.16. The molecular weight excluding hydrogens is 191 g/mol. The van der Waals surface area contributed by atoms with Gasteiger partial charge in [-0.2, -0.15) is 0 Å². The molecule has 15 heavy (non-hydrogen) atoms. The molecule has 0 bridgehead atoms. The Hall–Kier alpha value is -1.74. The molecule has 1 aromatic heterocycles. The molecule has 2 aromatic rings. The smallest absolute Gasteiger partial charge is 0.132 e. The number of benzene rings is 1. The van der Waals surface area contributed by atoms with Crippen LogP contribution in [0.1, 0.15) is 5.56 Å². The highest BCUT2D eigenvalue weighted by Gasteiger charge is 2.04. The van der Waals surface area contributed by atoms with Crippen molar-refractivity contribution in [1.29, 1.82) is 0 Å². The molecule has 0 radical (unpaired) electrons. The molecule has 0 aliphatic heterocycles. The second-order valence-electron chi connectivity index (χ2n) is 3.24. The summed E-state index contributed by atoms with van der Waals surface area (Å²) < 4.78 is 13.4. The average Bonchev–Trinajstić information content (AvgIpc) is 2.30. The number of pyridine rings is 1. The quantitative estimate of drug-likeness (QED) is 0.811. The maximum Gasteiger partial charge on any atom is 0.132 e. The lowest BCUT2D eigenvalue weighted by Crippen LogP contribution is -1.97. The van der Waals surface area contributed by atoms with Crippen LogP contribution in [0.25, 0.3) is 11.3 Å². The zero-order valence-corrected chi connectivity index (χ0v) is 8.15. The van der Waals surface area contributed by atoms with Gasteiger partial charge in [0.2, 0.25) is 0 Å². The van der Waals surface area contributed by atoms with Crippen molar-refractivity contribution in [3.63, 3.8) is 0 Å². The largest absolute Gasteiger partial charge is 0.326 e. The highest BCUT2D eigenvalue weighted by atomic mass is 19.1. The Balaban J connectivity index is 2.42. The van der Waals surface area contributed by atoms with Gasteiger partial charge in [-0.25, -0.2) is 4.39 Å². The number of rotatable bonds is 2. The van der Waals surface area contributed by atoms with Crippen molar-refractivity contribution in [3.05, 3.63) is 54.0 Å². The minimum Gasteiger partial charge on any atom is -0.326 e. The van der Waals surface area contributed by atoms with Gasteiger partial charge in [-0.1, -0.05) is 18.2 Å². The molecule has 0 atom stereocenters. The summed E-state index contributed by atoms with van der Waals surface area (Å²) in [6, 6.07) is 10.2. The summed E-state index contributed by atoms with van der Waals surface area (Å²) >= 11 is 0. The SMILES string of the molecule is NCc1ccc(-c2ccccc2F)nc1. The first kappa shape index (κ1) is 9.80. The molecule has 0 amide bonds. The lowest BCUT2D eigenvalue weighted by Gasteiger charge is -2.02. The zero-order valence-electron chi connectivity index (χ0n) is 8.15. The molecule has 2 rings (SSSR count). The fraction of sp³-hybridized carbons (Fsp3) is 0.0833. The second kappa shape index (κ2) is 4.19. The van der Waals surface area contributed by atoms with Crippen LogP contribution in [0.3, 0.4) is 0 Å². The first-order chi connectivity index (χ1) is 7.31. The minimum atomic E-state index is -0.259. The predicted octanol–water partition coefficient (Wildman–Crippen LogP) is 2.35. The van der Waals surface area contributed by atoms with Crippen LogP contribution in [-0.4, -0.2) is 4.98 Å². The monoisotopic (exact) mass is 202 g/mol. The third-order valence-corrected chi connectivity index (χ3v) is 2.21. The minimum absolute atomic E-state index is 0.259. The third kappa shape index (κ3) is 2.02. The van der Waals surface area contributed by atoms with Crippen LogP contribution < -0.4 is 5.73 Å². The van der Waals surface area contributed by atoms with Crippen molar-refractivity contribution in [2.45, 2.75) is 6.54 Å². The Bertz CT molecular complexity index is 451. The number of nitrogens with two attached hydrogens (primary N) is 1. The van der Waals surface area contributed by atoms with Crippen molar-refractivity contribution >= 4 is 0 Å². The molecule has 3 heteroatoms. The van der Waals surface area contributed by atoms with Crippen LogP contribution in [-0.2, 0) is 6.54 Å². The van der Waals surface area contributed by atoms with Crippen LogP contribution in [0.15, 0.2) is 42.6 Å². The lowest BCUT2D eigenvalue weighted by atomic mass is 10.1. The summed E-state index contributed by atoms with van der Waals surface area (Å²) in [5, 5.41) is 0. The first-order valence-electron chi connectivity index (χ1n) is 4.71. The fourth-order valence-electron chi connectivity index (χ4n) is 1.37. The first-order valence-corrected chi connectivity index (χ1v) is 4.71. The topological polar surface area (TPSA) is 38.9 Å². The van der Waals surface area contributed by atoms with E-state index < -0.39 is 0 Å². The molecule has 0 saturated carbocycles. The van der Waals surface area contributed by atoms with E-state index in [1.807, 2.05) is 6.07 Å². The Morgan fingerprint density at radius 1 is 1.13 bits per heavy atom. The molecule has 1 aromatic carbocycles. The van der Waals surface area contributed by atoms with Crippen molar-refractivity contribution < 1.29 is 4.39 Å². The Morgan fingerprint density at radius 3 is 2.53 bits per heavy atom. The van der Waals surface area contributed by atoms with E-state index in [1.165, 1.54) is 6.07 Å². The van der Waals surface area contributed by atoms with Gasteiger partial charge < -0.3 is 5.73 Å². The summed E-state index contributed by atoms with van der Waals surface area (Å²) in [6.07, 6.45) is 1.67. The normalized spacial score (nSPS) is 10.3. The van der Waals surface area contributed by atoms with Gasteiger partial charge in [0.15, 0.2) is 0 Å². The molecular formula is C12H11FN2. The molecule has 76 valence electrons. The van der Waals surface area contributed by atoms with Crippen LogP contribution in [0.4, 0.5) is 4.39 Å².